The predicted molar refractivity (Wildman–Crippen MR) is 87.9 cm³/mol. The monoisotopic (exact) mass is 304 g/mol. The van der Waals surface area contributed by atoms with Crippen LogP contribution in [0, 0.1) is 0 Å². The Morgan fingerprint density at radius 1 is 1.19 bits per heavy atom. The molecule has 4 rings (SSSR count). The second kappa shape index (κ2) is 5.57. The fourth-order valence-corrected chi connectivity index (χ4v) is 5.13. The molecule has 0 spiro atoms. The number of rotatable bonds is 3. The van der Waals surface area contributed by atoms with Crippen LogP contribution in [-0.2, 0) is 6.42 Å². The molecular weight excluding hydrogens is 280 g/mol. The fourth-order valence-electron chi connectivity index (χ4n) is 4.94. The molecule has 1 aromatic rings. The van der Waals surface area contributed by atoms with Gasteiger partial charge in [0.2, 0.25) is 0 Å². The molecule has 2 aliphatic heterocycles. The molecule has 2 heterocycles. The summed E-state index contributed by atoms with van der Waals surface area (Å²) in [6.07, 6.45) is 7.90. The van der Waals surface area contributed by atoms with Crippen molar-refractivity contribution >= 4 is 11.6 Å². The van der Waals surface area contributed by atoms with E-state index >= 15 is 0 Å². The van der Waals surface area contributed by atoms with Crippen LogP contribution >= 0.6 is 11.6 Å². The normalized spacial score (nSPS) is 34.4. The molecule has 0 aromatic heterocycles. The zero-order valence-electron chi connectivity index (χ0n) is 12.8. The van der Waals surface area contributed by atoms with Crippen LogP contribution < -0.4 is 5.32 Å². The van der Waals surface area contributed by atoms with Gasteiger partial charge < -0.3 is 5.32 Å². The van der Waals surface area contributed by atoms with E-state index in [9.17, 15) is 0 Å². The summed E-state index contributed by atoms with van der Waals surface area (Å²) >= 11 is 6.16. The van der Waals surface area contributed by atoms with Crippen molar-refractivity contribution in [2.75, 3.05) is 6.54 Å². The van der Waals surface area contributed by atoms with Gasteiger partial charge in [-0.15, -0.1) is 0 Å². The molecule has 0 radical (unpaired) electrons. The van der Waals surface area contributed by atoms with Gasteiger partial charge in [-0.3, -0.25) is 4.90 Å². The largest absolute Gasteiger partial charge is 0.311 e. The summed E-state index contributed by atoms with van der Waals surface area (Å²) in [6, 6.07) is 9.44. The maximum absolute atomic E-state index is 6.16. The number of hydrogen-bond donors (Lipinski definition) is 1. The number of fused-ring (bicyclic) bond motifs is 3. The summed E-state index contributed by atoms with van der Waals surface area (Å²) in [5, 5.41) is 4.66. The predicted octanol–water partition coefficient (Wildman–Crippen LogP) is 3.93. The van der Waals surface area contributed by atoms with Gasteiger partial charge in [0.1, 0.15) is 0 Å². The van der Waals surface area contributed by atoms with Crippen LogP contribution in [-0.4, -0.2) is 29.6 Å². The molecule has 1 N–H and O–H groups in total. The molecule has 3 atom stereocenters. The molecule has 114 valence electrons. The van der Waals surface area contributed by atoms with Gasteiger partial charge in [-0.1, -0.05) is 24.6 Å². The van der Waals surface area contributed by atoms with Gasteiger partial charge in [0, 0.05) is 29.2 Å². The van der Waals surface area contributed by atoms with Gasteiger partial charge in [-0.05, 0) is 68.3 Å². The van der Waals surface area contributed by atoms with Crippen LogP contribution in [0.1, 0.15) is 56.2 Å². The highest BCUT2D eigenvalue weighted by atomic mass is 35.5. The highest BCUT2D eigenvalue weighted by molar-refractivity contribution is 6.30. The van der Waals surface area contributed by atoms with Gasteiger partial charge >= 0.3 is 0 Å². The van der Waals surface area contributed by atoms with Gasteiger partial charge in [0.25, 0.3) is 0 Å². The molecule has 0 amide bonds. The first-order chi connectivity index (χ1) is 10.2. The highest BCUT2D eigenvalue weighted by Crippen LogP contribution is 2.41. The third kappa shape index (κ3) is 2.52. The molecule has 1 aliphatic carbocycles. The minimum absolute atomic E-state index is 0.616. The number of benzene rings is 1. The van der Waals surface area contributed by atoms with E-state index in [4.69, 9.17) is 11.6 Å². The van der Waals surface area contributed by atoms with E-state index in [0.29, 0.717) is 6.04 Å². The smallest absolute Gasteiger partial charge is 0.0408 e. The average molecular weight is 305 g/mol. The SMILES string of the molecule is CCN(C1CC2CCC(C1)N2)C1CCc2cc(Cl)ccc21. The minimum atomic E-state index is 0.616. The maximum atomic E-state index is 6.16. The summed E-state index contributed by atoms with van der Waals surface area (Å²) in [6.45, 7) is 3.49. The van der Waals surface area contributed by atoms with Gasteiger partial charge in [-0.2, -0.15) is 0 Å². The summed E-state index contributed by atoms with van der Waals surface area (Å²) in [7, 11) is 0. The summed E-state index contributed by atoms with van der Waals surface area (Å²) in [5.41, 5.74) is 3.01. The molecule has 21 heavy (non-hydrogen) atoms. The molecule has 0 saturated carbocycles. The van der Waals surface area contributed by atoms with Crippen LogP contribution in [0.5, 0.6) is 0 Å². The second-order valence-electron chi connectivity index (χ2n) is 6.99. The van der Waals surface area contributed by atoms with Crippen molar-refractivity contribution in [3.05, 3.63) is 34.3 Å². The number of aryl methyl sites for hydroxylation is 1. The highest BCUT2D eigenvalue weighted by Gasteiger charge is 2.39. The number of nitrogens with zero attached hydrogens (tertiary/aromatic N) is 1. The first kappa shape index (κ1) is 14.0. The zero-order chi connectivity index (χ0) is 14.4. The van der Waals surface area contributed by atoms with Crippen molar-refractivity contribution in [3.63, 3.8) is 0 Å². The Hall–Kier alpha value is -0.570. The Bertz CT molecular complexity index is 518. The lowest BCUT2D eigenvalue weighted by Crippen LogP contribution is -2.49. The van der Waals surface area contributed by atoms with Crippen molar-refractivity contribution in [1.82, 2.24) is 10.2 Å². The van der Waals surface area contributed by atoms with E-state index in [1.165, 1.54) is 49.7 Å². The Morgan fingerprint density at radius 3 is 2.67 bits per heavy atom. The van der Waals surface area contributed by atoms with Crippen LogP contribution in [0.2, 0.25) is 5.02 Å². The first-order valence-corrected chi connectivity index (χ1v) is 8.92. The van der Waals surface area contributed by atoms with Gasteiger partial charge in [0.05, 0.1) is 0 Å². The van der Waals surface area contributed by atoms with Crippen molar-refractivity contribution in [1.29, 1.82) is 0 Å². The number of nitrogens with one attached hydrogen (secondary N) is 1. The van der Waals surface area contributed by atoms with E-state index < -0.39 is 0 Å². The molecule has 3 unspecified atom stereocenters. The third-order valence-corrected chi connectivity index (χ3v) is 6.07. The standard InChI is InChI=1S/C18H25ClN2/c1-2-21(16-10-14-5-6-15(11-16)20-14)18-8-3-12-9-13(19)4-7-17(12)18/h4,7,9,14-16,18,20H,2-3,5-6,8,10-11H2,1H3. The minimum Gasteiger partial charge on any atom is -0.311 e. The van der Waals surface area contributed by atoms with Crippen molar-refractivity contribution in [3.8, 4) is 0 Å². The Morgan fingerprint density at radius 2 is 1.95 bits per heavy atom. The Kier molecular flexibility index (Phi) is 3.72. The zero-order valence-corrected chi connectivity index (χ0v) is 13.6. The van der Waals surface area contributed by atoms with Gasteiger partial charge in [-0.25, -0.2) is 0 Å². The quantitative estimate of drug-likeness (QED) is 0.910. The lowest BCUT2D eigenvalue weighted by Gasteiger charge is -2.41. The molecule has 2 nitrogen and oxygen atoms in total. The molecule has 2 saturated heterocycles. The van der Waals surface area contributed by atoms with Gasteiger partial charge in [0.15, 0.2) is 0 Å². The Labute approximate surface area is 132 Å². The second-order valence-corrected chi connectivity index (χ2v) is 7.43. The average Bonchev–Trinajstić information content (AvgIpc) is 3.03. The van der Waals surface area contributed by atoms with Crippen LogP contribution in [0.3, 0.4) is 0 Å². The molecular formula is C18H25ClN2. The van der Waals surface area contributed by atoms with Crippen LogP contribution in [0.15, 0.2) is 18.2 Å². The topological polar surface area (TPSA) is 15.3 Å². The van der Waals surface area contributed by atoms with Crippen molar-refractivity contribution < 1.29 is 0 Å². The summed E-state index contributed by atoms with van der Waals surface area (Å²) < 4.78 is 0. The van der Waals surface area contributed by atoms with Crippen LogP contribution in [0.25, 0.3) is 0 Å². The number of halogens is 1. The summed E-state index contributed by atoms with van der Waals surface area (Å²) in [4.78, 5) is 2.78. The van der Waals surface area contributed by atoms with E-state index in [1.807, 2.05) is 0 Å². The number of piperidine rings is 1. The lowest BCUT2D eigenvalue weighted by molar-refractivity contribution is 0.0995. The van der Waals surface area contributed by atoms with E-state index in [-0.39, 0.29) is 0 Å². The van der Waals surface area contributed by atoms with Crippen molar-refractivity contribution in [2.45, 2.75) is 69.6 Å². The third-order valence-electron chi connectivity index (χ3n) is 5.83. The Balaban J connectivity index is 1.57. The maximum Gasteiger partial charge on any atom is 0.0408 e. The molecule has 1 aromatic carbocycles. The molecule has 3 aliphatic rings. The molecule has 3 heteroatoms. The van der Waals surface area contributed by atoms with Crippen LogP contribution in [0.4, 0.5) is 0 Å². The number of hydrogen-bond acceptors (Lipinski definition) is 2. The lowest BCUT2D eigenvalue weighted by atomic mass is 9.95. The van der Waals surface area contributed by atoms with Crippen molar-refractivity contribution in [2.24, 2.45) is 0 Å². The van der Waals surface area contributed by atoms with E-state index in [0.717, 1.165) is 29.7 Å². The first-order valence-electron chi connectivity index (χ1n) is 8.54. The molecule has 2 bridgehead atoms. The molecule has 2 fully saturated rings. The summed E-state index contributed by atoms with van der Waals surface area (Å²) in [5.74, 6) is 0. The van der Waals surface area contributed by atoms with E-state index in [1.54, 1.807) is 0 Å². The fraction of sp³-hybridized carbons (Fsp3) is 0.667. The van der Waals surface area contributed by atoms with E-state index in [2.05, 4.69) is 35.3 Å².